The molecule has 90 valence electrons. The minimum Gasteiger partial charge on any atom is -0.436 e. The fraction of sp³-hybridized carbons (Fsp3) is 0.0714. The largest absolute Gasteiger partial charge is 0.436 e. The van der Waals surface area contributed by atoms with E-state index in [0.717, 1.165) is 11.1 Å². The second kappa shape index (κ2) is 3.84. The molecule has 0 spiro atoms. The average Bonchev–Trinajstić information content (AvgIpc) is 2.78. The van der Waals surface area contributed by atoms with Crippen molar-refractivity contribution in [3.63, 3.8) is 0 Å². The molecule has 3 aromatic rings. The number of para-hydroxylation sites is 2. The Morgan fingerprint density at radius 1 is 1.17 bits per heavy atom. The molecule has 0 aliphatic heterocycles. The van der Waals surface area contributed by atoms with E-state index in [0.29, 0.717) is 17.0 Å². The highest BCUT2D eigenvalue weighted by Gasteiger charge is 2.14. The van der Waals surface area contributed by atoms with Crippen molar-refractivity contribution >= 4 is 16.8 Å². The number of oxazole rings is 1. The highest BCUT2D eigenvalue weighted by Crippen LogP contribution is 2.30. The number of aryl methyl sites for hydroxylation is 1. The molecule has 0 amide bonds. The molecule has 0 atom stereocenters. The van der Waals surface area contributed by atoms with Crippen LogP contribution in [0.5, 0.6) is 0 Å². The Balaban J connectivity index is 2.26. The molecule has 0 saturated heterocycles. The predicted octanol–water partition coefficient (Wildman–Crippen LogP) is 3.52. The lowest BCUT2D eigenvalue weighted by atomic mass is 10.2. The summed E-state index contributed by atoms with van der Waals surface area (Å²) in [6, 6.07) is 10.3. The van der Waals surface area contributed by atoms with Crippen LogP contribution in [0.2, 0.25) is 0 Å². The number of hydrogen-bond acceptors (Lipinski definition) is 3. The third-order valence-electron chi connectivity index (χ3n) is 2.90. The van der Waals surface area contributed by atoms with Crippen LogP contribution in [0.25, 0.3) is 22.6 Å². The summed E-state index contributed by atoms with van der Waals surface area (Å²) in [6.07, 6.45) is 0. The Morgan fingerprint density at radius 2 is 1.94 bits per heavy atom. The van der Waals surface area contributed by atoms with E-state index >= 15 is 0 Å². The zero-order chi connectivity index (χ0) is 12.7. The van der Waals surface area contributed by atoms with Gasteiger partial charge in [0.1, 0.15) is 11.3 Å². The Bertz CT molecular complexity index is 734. The molecule has 0 radical (unpaired) electrons. The molecular weight excluding hydrogens is 231 g/mol. The van der Waals surface area contributed by atoms with Crippen LogP contribution >= 0.6 is 0 Å². The Labute approximate surface area is 103 Å². The van der Waals surface area contributed by atoms with Gasteiger partial charge < -0.3 is 10.2 Å². The molecule has 4 heteroatoms. The lowest BCUT2D eigenvalue weighted by Crippen LogP contribution is -1.93. The van der Waals surface area contributed by atoms with Crippen molar-refractivity contribution in [3.8, 4) is 11.5 Å². The quantitative estimate of drug-likeness (QED) is 0.664. The maximum Gasteiger partial charge on any atom is 0.229 e. The normalized spacial score (nSPS) is 11.0. The van der Waals surface area contributed by atoms with Crippen molar-refractivity contribution < 1.29 is 8.81 Å². The zero-order valence-corrected chi connectivity index (χ0v) is 9.77. The van der Waals surface area contributed by atoms with E-state index in [-0.39, 0.29) is 5.69 Å². The van der Waals surface area contributed by atoms with Crippen LogP contribution in [0.4, 0.5) is 10.1 Å². The van der Waals surface area contributed by atoms with Gasteiger partial charge in [-0.3, -0.25) is 0 Å². The Hall–Kier alpha value is -2.36. The summed E-state index contributed by atoms with van der Waals surface area (Å²) in [4.78, 5) is 4.37. The number of nitrogens with two attached hydrogens (primary N) is 1. The van der Waals surface area contributed by atoms with Gasteiger partial charge in [-0.1, -0.05) is 18.2 Å². The Kier molecular flexibility index (Phi) is 2.30. The molecule has 0 aliphatic rings. The van der Waals surface area contributed by atoms with Crippen molar-refractivity contribution in [2.24, 2.45) is 0 Å². The zero-order valence-electron chi connectivity index (χ0n) is 9.77. The van der Waals surface area contributed by atoms with Crippen LogP contribution in [-0.2, 0) is 0 Å². The smallest absolute Gasteiger partial charge is 0.229 e. The third kappa shape index (κ3) is 1.54. The first kappa shape index (κ1) is 10.8. The number of fused-ring (bicyclic) bond motifs is 1. The lowest BCUT2D eigenvalue weighted by Gasteiger charge is -2.01. The summed E-state index contributed by atoms with van der Waals surface area (Å²) in [5.41, 5.74) is 8.69. The number of aromatic nitrogens is 1. The monoisotopic (exact) mass is 242 g/mol. The molecule has 3 rings (SSSR count). The Morgan fingerprint density at radius 3 is 2.72 bits per heavy atom. The fourth-order valence-corrected chi connectivity index (χ4v) is 1.92. The van der Waals surface area contributed by atoms with Gasteiger partial charge in [-0.2, -0.15) is 0 Å². The summed E-state index contributed by atoms with van der Waals surface area (Å²) in [7, 11) is 0. The van der Waals surface area contributed by atoms with Crippen LogP contribution in [0.3, 0.4) is 0 Å². The molecule has 2 N–H and O–H groups in total. The topological polar surface area (TPSA) is 52.0 Å². The summed E-state index contributed by atoms with van der Waals surface area (Å²) in [5.74, 6) is -0.122. The van der Waals surface area contributed by atoms with Crippen molar-refractivity contribution in [1.82, 2.24) is 4.98 Å². The third-order valence-corrected chi connectivity index (χ3v) is 2.90. The van der Waals surface area contributed by atoms with E-state index in [1.54, 1.807) is 12.1 Å². The molecule has 0 bridgehead atoms. The van der Waals surface area contributed by atoms with Crippen LogP contribution in [0.15, 0.2) is 40.8 Å². The number of anilines is 1. The minimum absolute atomic E-state index is 0.0571. The van der Waals surface area contributed by atoms with Gasteiger partial charge in [-0.05, 0) is 30.7 Å². The number of rotatable bonds is 1. The highest BCUT2D eigenvalue weighted by atomic mass is 19.1. The van der Waals surface area contributed by atoms with E-state index < -0.39 is 5.82 Å². The van der Waals surface area contributed by atoms with Crippen molar-refractivity contribution in [2.45, 2.75) is 6.92 Å². The van der Waals surface area contributed by atoms with Gasteiger partial charge in [0, 0.05) is 0 Å². The van der Waals surface area contributed by atoms with E-state index in [1.807, 2.05) is 25.1 Å². The van der Waals surface area contributed by atoms with Gasteiger partial charge >= 0.3 is 0 Å². The molecule has 2 aromatic carbocycles. The predicted molar refractivity (Wildman–Crippen MR) is 68.6 cm³/mol. The molecular formula is C14H11FN2O. The minimum atomic E-state index is -0.466. The van der Waals surface area contributed by atoms with Crippen LogP contribution in [-0.4, -0.2) is 4.98 Å². The van der Waals surface area contributed by atoms with E-state index in [4.69, 9.17) is 10.2 Å². The van der Waals surface area contributed by atoms with Gasteiger partial charge in [0.15, 0.2) is 5.58 Å². The maximum atomic E-state index is 13.4. The van der Waals surface area contributed by atoms with Crippen LogP contribution < -0.4 is 5.73 Å². The summed E-state index contributed by atoms with van der Waals surface area (Å²) >= 11 is 0. The molecule has 0 unspecified atom stereocenters. The summed E-state index contributed by atoms with van der Waals surface area (Å²) < 4.78 is 19.0. The fourth-order valence-electron chi connectivity index (χ4n) is 1.92. The SMILES string of the molecule is Cc1cccc2oc(-c3cccc(F)c3N)nc12. The second-order valence-electron chi connectivity index (χ2n) is 4.14. The maximum absolute atomic E-state index is 13.4. The second-order valence-corrected chi connectivity index (χ2v) is 4.14. The summed E-state index contributed by atoms with van der Waals surface area (Å²) in [6.45, 7) is 1.95. The average molecular weight is 242 g/mol. The van der Waals surface area contributed by atoms with Crippen molar-refractivity contribution in [2.75, 3.05) is 5.73 Å². The first-order valence-electron chi connectivity index (χ1n) is 5.57. The number of nitrogen functional groups attached to an aromatic ring is 1. The molecule has 0 fully saturated rings. The molecule has 1 heterocycles. The van der Waals surface area contributed by atoms with Gasteiger partial charge in [0.05, 0.1) is 11.3 Å². The van der Waals surface area contributed by atoms with Crippen LogP contribution in [0.1, 0.15) is 5.56 Å². The number of benzene rings is 2. The number of hydrogen-bond donors (Lipinski definition) is 1. The number of halogens is 1. The van der Waals surface area contributed by atoms with E-state index in [1.165, 1.54) is 6.07 Å². The lowest BCUT2D eigenvalue weighted by molar-refractivity contribution is 0.613. The molecule has 1 aromatic heterocycles. The first-order valence-corrected chi connectivity index (χ1v) is 5.57. The van der Waals surface area contributed by atoms with Crippen LogP contribution in [0, 0.1) is 12.7 Å². The molecule has 0 aliphatic carbocycles. The molecule has 18 heavy (non-hydrogen) atoms. The van der Waals surface area contributed by atoms with Crippen molar-refractivity contribution in [1.29, 1.82) is 0 Å². The molecule has 3 nitrogen and oxygen atoms in total. The van der Waals surface area contributed by atoms with E-state index in [9.17, 15) is 4.39 Å². The van der Waals surface area contributed by atoms with Crippen molar-refractivity contribution in [3.05, 3.63) is 47.8 Å². The van der Waals surface area contributed by atoms with Gasteiger partial charge in [0.25, 0.3) is 0 Å². The van der Waals surface area contributed by atoms with Gasteiger partial charge in [-0.25, -0.2) is 9.37 Å². The molecule has 0 saturated carbocycles. The number of nitrogens with zero attached hydrogens (tertiary/aromatic N) is 1. The standard InChI is InChI=1S/C14H11FN2O/c1-8-4-2-7-11-13(8)17-14(18-11)9-5-3-6-10(15)12(9)16/h2-7H,16H2,1H3. The first-order chi connectivity index (χ1) is 8.66. The van der Waals surface area contributed by atoms with Gasteiger partial charge in [0.2, 0.25) is 5.89 Å². The summed E-state index contributed by atoms with van der Waals surface area (Å²) in [5, 5.41) is 0. The van der Waals surface area contributed by atoms with Gasteiger partial charge in [-0.15, -0.1) is 0 Å². The van der Waals surface area contributed by atoms with E-state index in [2.05, 4.69) is 4.98 Å². The highest BCUT2D eigenvalue weighted by molar-refractivity contribution is 5.81.